The molecular formula is C14H13ClN2O2. The second-order valence-electron chi connectivity index (χ2n) is 3.89. The molecule has 0 aliphatic heterocycles. The minimum Gasteiger partial charge on any atom is -0.496 e. The number of nitrogens with zero attached hydrogens (tertiary/aromatic N) is 1. The summed E-state index contributed by atoms with van der Waals surface area (Å²) >= 11 is 5.93. The number of carbonyl (C=O) groups is 1. The maximum absolute atomic E-state index is 12.0. The summed E-state index contributed by atoms with van der Waals surface area (Å²) in [5, 5.41) is 3.16. The Morgan fingerprint density at radius 3 is 2.89 bits per heavy atom. The number of amides is 1. The summed E-state index contributed by atoms with van der Waals surface area (Å²) in [6.07, 6.45) is 3.29. The highest BCUT2D eigenvalue weighted by molar-refractivity contribution is 6.33. The highest BCUT2D eigenvalue weighted by atomic mass is 35.5. The average molecular weight is 277 g/mol. The third-order valence-electron chi connectivity index (χ3n) is 2.59. The molecule has 0 atom stereocenters. The van der Waals surface area contributed by atoms with Crippen molar-refractivity contribution in [3.63, 3.8) is 0 Å². The zero-order valence-electron chi connectivity index (χ0n) is 10.4. The van der Waals surface area contributed by atoms with Gasteiger partial charge < -0.3 is 10.1 Å². The van der Waals surface area contributed by atoms with Crippen molar-refractivity contribution in [2.45, 2.75) is 6.42 Å². The number of rotatable bonds is 4. The van der Waals surface area contributed by atoms with Gasteiger partial charge in [-0.3, -0.25) is 9.78 Å². The number of hydrogen-bond donors (Lipinski definition) is 1. The SMILES string of the molecule is COc1ccccc1CC(=O)Nc1ccncc1Cl. The van der Waals surface area contributed by atoms with Gasteiger partial charge in [0, 0.05) is 18.0 Å². The summed E-state index contributed by atoms with van der Waals surface area (Å²) in [4.78, 5) is 15.8. The molecule has 5 heteroatoms. The van der Waals surface area contributed by atoms with Crippen molar-refractivity contribution >= 4 is 23.2 Å². The number of pyridine rings is 1. The molecule has 1 aromatic carbocycles. The number of anilines is 1. The first-order valence-corrected chi connectivity index (χ1v) is 6.09. The van der Waals surface area contributed by atoms with Gasteiger partial charge in [-0.2, -0.15) is 0 Å². The highest BCUT2D eigenvalue weighted by Gasteiger charge is 2.09. The highest BCUT2D eigenvalue weighted by Crippen LogP contribution is 2.21. The van der Waals surface area contributed by atoms with Gasteiger partial charge in [0.1, 0.15) is 5.75 Å². The van der Waals surface area contributed by atoms with Crippen molar-refractivity contribution < 1.29 is 9.53 Å². The number of aromatic nitrogens is 1. The van der Waals surface area contributed by atoms with E-state index in [1.165, 1.54) is 6.20 Å². The fourth-order valence-electron chi connectivity index (χ4n) is 1.69. The molecule has 4 nitrogen and oxygen atoms in total. The smallest absolute Gasteiger partial charge is 0.228 e. The molecule has 2 aromatic rings. The summed E-state index contributed by atoms with van der Waals surface area (Å²) in [7, 11) is 1.58. The van der Waals surface area contributed by atoms with E-state index in [0.29, 0.717) is 16.5 Å². The van der Waals surface area contributed by atoms with Crippen molar-refractivity contribution in [3.8, 4) is 5.75 Å². The first-order valence-electron chi connectivity index (χ1n) is 5.72. The van der Waals surface area contributed by atoms with E-state index >= 15 is 0 Å². The molecule has 0 unspecified atom stereocenters. The molecule has 0 aliphatic carbocycles. The van der Waals surface area contributed by atoms with E-state index in [0.717, 1.165) is 5.56 Å². The number of hydrogen-bond acceptors (Lipinski definition) is 3. The standard InChI is InChI=1S/C14H13ClN2O2/c1-19-13-5-3-2-4-10(13)8-14(18)17-12-6-7-16-9-11(12)15/h2-7,9H,8H2,1H3,(H,16,17,18). The molecule has 0 radical (unpaired) electrons. The number of methoxy groups -OCH3 is 1. The van der Waals surface area contributed by atoms with E-state index < -0.39 is 0 Å². The normalized spacial score (nSPS) is 10.0. The van der Waals surface area contributed by atoms with Crippen molar-refractivity contribution in [2.75, 3.05) is 12.4 Å². The predicted octanol–water partition coefficient (Wildman–Crippen LogP) is 2.92. The molecule has 0 fully saturated rings. The molecule has 0 aliphatic rings. The van der Waals surface area contributed by atoms with Crippen LogP contribution in [0.4, 0.5) is 5.69 Å². The van der Waals surface area contributed by atoms with Crippen LogP contribution in [-0.2, 0) is 11.2 Å². The van der Waals surface area contributed by atoms with Crippen LogP contribution >= 0.6 is 11.6 Å². The molecule has 2 rings (SSSR count). The van der Waals surface area contributed by atoms with Crippen LogP contribution in [-0.4, -0.2) is 18.0 Å². The van der Waals surface area contributed by atoms with E-state index in [2.05, 4.69) is 10.3 Å². The van der Waals surface area contributed by atoms with Gasteiger partial charge in [-0.15, -0.1) is 0 Å². The van der Waals surface area contributed by atoms with Crippen LogP contribution < -0.4 is 10.1 Å². The lowest BCUT2D eigenvalue weighted by Gasteiger charge is -2.09. The Hall–Kier alpha value is -2.07. The summed E-state index contributed by atoms with van der Waals surface area (Å²) in [6.45, 7) is 0. The lowest BCUT2D eigenvalue weighted by molar-refractivity contribution is -0.115. The van der Waals surface area contributed by atoms with Gasteiger partial charge in [-0.05, 0) is 12.1 Å². The number of carbonyl (C=O) groups excluding carboxylic acids is 1. The third-order valence-corrected chi connectivity index (χ3v) is 2.89. The number of nitrogens with one attached hydrogen (secondary N) is 1. The van der Waals surface area contributed by atoms with Crippen molar-refractivity contribution in [3.05, 3.63) is 53.3 Å². The number of halogens is 1. The molecule has 0 saturated carbocycles. The largest absolute Gasteiger partial charge is 0.496 e. The lowest BCUT2D eigenvalue weighted by atomic mass is 10.1. The Labute approximate surface area is 116 Å². The molecule has 1 aromatic heterocycles. The van der Waals surface area contributed by atoms with E-state index in [9.17, 15) is 4.79 Å². The molecule has 1 heterocycles. The van der Waals surface area contributed by atoms with Crippen LogP contribution in [0.2, 0.25) is 5.02 Å². The van der Waals surface area contributed by atoms with Crippen molar-refractivity contribution in [1.82, 2.24) is 4.98 Å². The topological polar surface area (TPSA) is 51.2 Å². The van der Waals surface area contributed by atoms with Crippen LogP contribution in [0.3, 0.4) is 0 Å². The van der Waals surface area contributed by atoms with Crippen LogP contribution in [0.5, 0.6) is 5.75 Å². The summed E-state index contributed by atoms with van der Waals surface area (Å²) in [5.74, 6) is 0.538. The summed E-state index contributed by atoms with van der Waals surface area (Å²) in [5.41, 5.74) is 1.38. The molecule has 0 saturated heterocycles. The molecule has 98 valence electrons. The zero-order chi connectivity index (χ0) is 13.7. The Bertz CT molecular complexity index is 587. The van der Waals surface area contributed by atoms with E-state index in [1.54, 1.807) is 19.4 Å². The molecule has 1 amide bonds. The number of para-hydroxylation sites is 1. The first kappa shape index (κ1) is 13.4. The summed E-state index contributed by atoms with van der Waals surface area (Å²) in [6, 6.07) is 9.06. The zero-order valence-corrected chi connectivity index (χ0v) is 11.1. The first-order chi connectivity index (χ1) is 9.20. The lowest BCUT2D eigenvalue weighted by Crippen LogP contribution is -2.15. The Morgan fingerprint density at radius 2 is 2.16 bits per heavy atom. The van der Waals surface area contributed by atoms with Gasteiger partial charge in [-0.25, -0.2) is 0 Å². The van der Waals surface area contributed by atoms with Crippen LogP contribution in [0.25, 0.3) is 0 Å². The minimum atomic E-state index is -0.155. The van der Waals surface area contributed by atoms with Gasteiger partial charge in [-0.1, -0.05) is 29.8 Å². The van der Waals surface area contributed by atoms with Crippen molar-refractivity contribution in [2.24, 2.45) is 0 Å². The molecular weight excluding hydrogens is 264 g/mol. The monoisotopic (exact) mass is 276 g/mol. The van der Waals surface area contributed by atoms with Gasteiger partial charge in [0.25, 0.3) is 0 Å². The van der Waals surface area contributed by atoms with Gasteiger partial charge in [0.15, 0.2) is 0 Å². The Kier molecular flexibility index (Phi) is 4.36. The van der Waals surface area contributed by atoms with Gasteiger partial charge >= 0.3 is 0 Å². The predicted molar refractivity (Wildman–Crippen MR) is 74.6 cm³/mol. The average Bonchev–Trinajstić information content (AvgIpc) is 2.42. The number of ether oxygens (including phenoxy) is 1. The fourth-order valence-corrected chi connectivity index (χ4v) is 1.86. The Morgan fingerprint density at radius 1 is 1.37 bits per heavy atom. The quantitative estimate of drug-likeness (QED) is 0.934. The second-order valence-corrected chi connectivity index (χ2v) is 4.30. The van der Waals surface area contributed by atoms with Gasteiger partial charge in [0.2, 0.25) is 5.91 Å². The van der Waals surface area contributed by atoms with Crippen LogP contribution in [0.1, 0.15) is 5.56 Å². The second kappa shape index (κ2) is 6.20. The van der Waals surface area contributed by atoms with E-state index in [-0.39, 0.29) is 12.3 Å². The third kappa shape index (κ3) is 3.45. The van der Waals surface area contributed by atoms with Crippen LogP contribution in [0, 0.1) is 0 Å². The number of benzene rings is 1. The maximum atomic E-state index is 12.0. The molecule has 0 bridgehead atoms. The van der Waals surface area contributed by atoms with E-state index in [4.69, 9.17) is 16.3 Å². The molecule has 0 spiro atoms. The van der Waals surface area contributed by atoms with Crippen LogP contribution in [0.15, 0.2) is 42.7 Å². The molecule has 19 heavy (non-hydrogen) atoms. The minimum absolute atomic E-state index is 0.155. The van der Waals surface area contributed by atoms with Gasteiger partial charge in [0.05, 0.1) is 24.2 Å². The van der Waals surface area contributed by atoms with E-state index in [1.807, 2.05) is 24.3 Å². The molecule has 1 N–H and O–H groups in total. The maximum Gasteiger partial charge on any atom is 0.228 e. The Balaban J connectivity index is 2.08. The summed E-state index contributed by atoms with van der Waals surface area (Å²) < 4.78 is 5.20. The fraction of sp³-hybridized carbons (Fsp3) is 0.143. The van der Waals surface area contributed by atoms with Crippen molar-refractivity contribution in [1.29, 1.82) is 0 Å².